The van der Waals surface area contributed by atoms with E-state index in [2.05, 4.69) is 4.98 Å². The third-order valence-electron chi connectivity index (χ3n) is 4.70. The second kappa shape index (κ2) is 5.81. The van der Waals surface area contributed by atoms with Crippen molar-refractivity contribution >= 4 is 16.6 Å². The Bertz CT molecular complexity index is 814. The number of aromatic amines is 1. The van der Waals surface area contributed by atoms with Crippen molar-refractivity contribution in [2.45, 2.75) is 51.1 Å². The number of nitrogens with zero attached hydrogens (tertiary/aromatic N) is 1. The minimum atomic E-state index is -4.61. The highest BCUT2D eigenvalue weighted by Crippen LogP contribution is 2.37. The number of aliphatic hydroxyl groups excluding tert-OH is 1. The molecule has 7 heteroatoms. The Labute approximate surface area is 136 Å². The smallest absolute Gasteiger partial charge is 0.391 e. The number of nitrogens with one attached hydrogen (secondary N) is 1. The van der Waals surface area contributed by atoms with E-state index in [1.54, 1.807) is 13.0 Å². The number of hydrogen-bond acceptors (Lipinski definition) is 3. The molecular weight excluding hydrogens is 321 g/mol. The van der Waals surface area contributed by atoms with E-state index in [1.807, 2.05) is 11.8 Å². The minimum Gasteiger partial charge on any atom is -0.391 e. The second-order valence-electron chi connectivity index (χ2n) is 6.42. The number of H-pyrrole nitrogens is 1. The van der Waals surface area contributed by atoms with Crippen molar-refractivity contribution in [1.82, 2.24) is 4.98 Å². The zero-order valence-electron chi connectivity index (χ0n) is 13.4. The fourth-order valence-corrected chi connectivity index (χ4v) is 3.57. The summed E-state index contributed by atoms with van der Waals surface area (Å²) in [6, 6.07) is 5.21. The molecule has 2 heterocycles. The van der Waals surface area contributed by atoms with E-state index in [-0.39, 0.29) is 23.0 Å². The molecule has 0 spiro atoms. The SMILES string of the molecule is C[C@H](O)[C@H]1CC[C@@H](C)N1c1ccc2[nH]c(=O)cc(C(F)(F)F)c2c1. The average Bonchev–Trinajstić information content (AvgIpc) is 2.87. The van der Waals surface area contributed by atoms with E-state index in [0.717, 1.165) is 12.8 Å². The normalized spacial score (nSPS) is 23.0. The van der Waals surface area contributed by atoms with Gasteiger partial charge in [-0.05, 0) is 44.9 Å². The zero-order valence-corrected chi connectivity index (χ0v) is 13.4. The summed E-state index contributed by atoms with van der Waals surface area (Å²) in [5.41, 5.74) is -0.947. The Morgan fingerprint density at radius 1 is 1.29 bits per heavy atom. The molecule has 2 N–H and O–H groups in total. The Kier molecular flexibility index (Phi) is 4.07. The van der Waals surface area contributed by atoms with Crippen LogP contribution in [0, 0.1) is 0 Å². The highest BCUT2D eigenvalue weighted by Gasteiger charge is 2.36. The minimum absolute atomic E-state index is 0.0388. The Morgan fingerprint density at radius 3 is 2.62 bits per heavy atom. The van der Waals surface area contributed by atoms with Crippen molar-refractivity contribution in [3.63, 3.8) is 0 Å². The lowest BCUT2D eigenvalue weighted by atomic mass is 10.1. The van der Waals surface area contributed by atoms with Crippen LogP contribution in [0.15, 0.2) is 29.1 Å². The van der Waals surface area contributed by atoms with E-state index >= 15 is 0 Å². The molecule has 2 aromatic rings. The Morgan fingerprint density at radius 2 is 2.00 bits per heavy atom. The first-order chi connectivity index (χ1) is 11.2. The van der Waals surface area contributed by atoms with Gasteiger partial charge in [0, 0.05) is 28.7 Å². The van der Waals surface area contributed by atoms with Crippen LogP contribution in [-0.2, 0) is 6.18 Å². The van der Waals surface area contributed by atoms with Gasteiger partial charge in [0.25, 0.3) is 0 Å². The number of aromatic nitrogens is 1. The standard InChI is InChI=1S/C17H19F3N2O2/c1-9-3-6-15(10(2)23)22(9)11-4-5-14-12(7-11)13(17(18,19)20)8-16(24)21-14/h4-5,7-10,15,23H,3,6H2,1-2H3,(H,21,24)/t9-,10+,15-/m1/s1. The van der Waals surface area contributed by atoms with E-state index in [1.165, 1.54) is 12.1 Å². The molecule has 1 fully saturated rings. The number of pyridine rings is 1. The molecule has 3 atom stereocenters. The molecule has 0 unspecified atom stereocenters. The highest BCUT2D eigenvalue weighted by atomic mass is 19.4. The fraction of sp³-hybridized carbons (Fsp3) is 0.471. The molecule has 1 aromatic heterocycles. The summed E-state index contributed by atoms with van der Waals surface area (Å²) in [5, 5.41) is 9.93. The number of anilines is 1. The number of benzene rings is 1. The van der Waals surface area contributed by atoms with Gasteiger partial charge in [-0.25, -0.2) is 0 Å². The topological polar surface area (TPSA) is 56.3 Å². The van der Waals surface area contributed by atoms with Gasteiger partial charge in [-0.15, -0.1) is 0 Å². The molecule has 0 radical (unpaired) electrons. The first-order valence-electron chi connectivity index (χ1n) is 7.89. The van der Waals surface area contributed by atoms with Crippen LogP contribution < -0.4 is 10.5 Å². The molecule has 3 rings (SSSR count). The molecule has 0 saturated carbocycles. The molecule has 4 nitrogen and oxygen atoms in total. The van der Waals surface area contributed by atoms with Crippen LogP contribution in [0.25, 0.3) is 10.9 Å². The summed E-state index contributed by atoms with van der Waals surface area (Å²) in [7, 11) is 0. The number of fused-ring (bicyclic) bond motifs is 1. The predicted molar refractivity (Wildman–Crippen MR) is 86.2 cm³/mol. The maximum Gasteiger partial charge on any atom is 0.417 e. The first kappa shape index (κ1) is 16.8. The van der Waals surface area contributed by atoms with Gasteiger partial charge in [-0.2, -0.15) is 13.2 Å². The first-order valence-corrected chi connectivity index (χ1v) is 7.89. The number of rotatable bonds is 2. The third kappa shape index (κ3) is 2.88. The molecular formula is C17H19F3N2O2. The zero-order chi connectivity index (χ0) is 17.6. The summed E-state index contributed by atoms with van der Waals surface area (Å²) in [4.78, 5) is 15.9. The molecule has 1 saturated heterocycles. The predicted octanol–water partition coefficient (Wildman–Crippen LogP) is 3.29. The summed E-state index contributed by atoms with van der Waals surface area (Å²) in [5.74, 6) is 0. The van der Waals surface area contributed by atoms with Crippen LogP contribution >= 0.6 is 0 Å². The fourth-order valence-electron chi connectivity index (χ4n) is 3.57. The lowest BCUT2D eigenvalue weighted by Gasteiger charge is -2.33. The van der Waals surface area contributed by atoms with Crippen molar-refractivity contribution in [2.75, 3.05) is 4.90 Å². The van der Waals surface area contributed by atoms with Gasteiger partial charge < -0.3 is 15.0 Å². The van der Waals surface area contributed by atoms with Crippen molar-refractivity contribution in [3.05, 3.63) is 40.2 Å². The monoisotopic (exact) mass is 340 g/mol. The highest BCUT2D eigenvalue weighted by molar-refractivity contribution is 5.86. The van der Waals surface area contributed by atoms with Gasteiger partial charge in [-0.3, -0.25) is 4.79 Å². The molecule has 1 aromatic carbocycles. The van der Waals surface area contributed by atoms with E-state index in [4.69, 9.17) is 0 Å². The Hall–Kier alpha value is -2.02. The van der Waals surface area contributed by atoms with Gasteiger partial charge in [0.2, 0.25) is 5.56 Å². The molecule has 0 amide bonds. The summed E-state index contributed by atoms with van der Waals surface area (Å²) >= 11 is 0. The molecule has 130 valence electrons. The lowest BCUT2D eigenvalue weighted by molar-refractivity contribution is -0.136. The molecule has 0 aliphatic carbocycles. The maximum atomic E-state index is 13.3. The van der Waals surface area contributed by atoms with Gasteiger partial charge in [0.05, 0.1) is 17.7 Å². The quantitative estimate of drug-likeness (QED) is 0.882. The van der Waals surface area contributed by atoms with Gasteiger partial charge in [0.15, 0.2) is 0 Å². The molecule has 1 aliphatic rings. The van der Waals surface area contributed by atoms with Crippen molar-refractivity contribution in [1.29, 1.82) is 0 Å². The molecule has 24 heavy (non-hydrogen) atoms. The summed E-state index contributed by atoms with van der Waals surface area (Å²) < 4.78 is 39.8. The average molecular weight is 340 g/mol. The second-order valence-corrected chi connectivity index (χ2v) is 6.42. The largest absolute Gasteiger partial charge is 0.417 e. The van der Waals surface area contributed by atoms with E-state index in [0.29, 0.717) is 11.8 Å². The van der Waals surface area contributed by atoms with Crippen LogP contribution in [0.4, 0.5) is 18.9 Å². The van der Waals surface area contributed by atoms with Crippen molar-refractivity contribution in [3.8, 4) is 0 Å². The van der Waals surface area contributed by atoms with Crippen LogP contribution in [0.2, 0.25) is 0 Å². The summed E-state index contributed by atoms with van der Waals surface area (Å²) in [6.45, 7) is 3.68. The van der Waals surface area contributed by atoms with Gasteiger partial charge in [0.1, 0.15) is 0 Å². The van der Waals surface area contributed by atoms with Crippen molar-refractivity contribution in [2.24, 2.45) is 0 Å². The van der Waals surface area contributed by atoms with Crippen LogP contribution in [-0.4, -0.2) is 28.3 Å². The number of aliphatic hydroxyl groups is 1. The third-order valence-corrected chi connectivity index (χ3v) is 4.70. The molecule has 0 bridgehead atoms. The van der Waals surface area contributed by atoms with Crippen LogP contribution in [0.3, 0.4) is 0 Å². The lowest BCUT2D eigenvalue weighted by Crippen LogP contribution is -2.41. The number of hydrogen-bond donors (Lipinski definition) is 2. The van der Waals surface area contributed by atoms with E-state index < -0.39 is 23.4 Å². The molecule has 1 aliphatic heterocycles. The number of alkyl halides is 3. The van der Waals surface area contributed by atoms with Crippen LogP contribution in [0.5, 0.6) is 0 Å². The van der Waals surface area contributed by atoms with Crippen molar-refractivity contribution < 1.29 is 18.3 Å². The number of halogens is 3. The van der Waals surface area contributed by atoms with Crippen LogP contribution in [0.1, 0.15) is 32.3 Å². The van der Waals surface area contributed by atoms with E-state index in [9.17, 15) is 23.1 Å². The van der Waals surface area contributed by atoms with Gasteiger partial charge in [-0.1, -0.05) is 0 Å². The maximum absolute atomic E-state index is 13.3. The Balaban J connectivity index is 2.18. The summed E-state index contributed by atoms with van der Waals surface area (Å²) in [6.07, 6.45) is -3.53. The van der Waals surface area contributed by atoms with Gasteiger partial charge >= 0.3 is 6.18 Å².